The van der Waals surface area contributed by atoms with Crippen molar-refractivity contribution < 1.29 is 15.0 Å². The van der Waals surface area contributed by atoms with Gasteiger partial charge in [-0.15, -0.1) is 0 Å². The summed E-state index contributed by atoms with van der Waals surface area (Å²) in [4.78, 5) is 12.1. The Morgan fingerprint density at radius 1 is 0.575 bits per heavy atom. The number of rotatable bonds is 32. The van der Waals surface area contributed by atoms with E-state index in [1.54, 1.807) is 6.08 Å². The van der Waals surface area contributed by atoms with Crippen LogP contribution in [0.3, 0.4) is 0 Å². The Kier molecular flexibility index (Phi) is 31.9. The van der Waals surface area contributed by atoms with Gasteiger partial charge < -0.3 is 15.5 Å². The van der Waals surface area contributed by atoms with E-state index in [1.165, 1.54) is 148 Å². The molecule has 0 aromatic heterocycles. The highest BCUT2D eigenvalue weighted by Crippen LogP contribution is 2.16. The van der Waals surface area contributed by atoms with E-state index in [-0.39, 0.29) is 12.5 Å². The molecule has 0 aromatic carbocycles. The fraction of sp³-hybridized carbons (Fsp3) is 0.917. The van der Waals surface area contributed by atoms with Gasteiger partial charge in [-0.2, -0.15) is 0 Å². The highest BCUT2D eigenvalue weighted by Gasteiger charge is 2.17. The monoisotopic (exact) mass is 566 g/mol. The summed E-state index contributed by atoms with van der Waals surface area (Å²) in [6, 6.07) is -0.611. The molecule has 0 radical (unpaired) electrons. The van der Waals surface area contributed by atoms with Crippen molar-refractivity contribution in [1.29, 1.82) is 0 Å². The smallest absolute Gasteiger partial charge is 0.220 e. The SMILES string of the molecule is CCC/C=C/C(O)C(CO)NC(=O)CCCCCCCCCCCCCCCCCCCCCCCCCCC. The minimum Gasteiger partial charge on any atom is -0.394 e. The van der Waals surface area contributed by atoms with Crippen LogP contribution in [0.2, 0.25) is 0 Å². The van der Waals surface area contributed by atoms with Gasteiger partial charge in [0.15, 0.2) is 0 Å². The molecule has 40 heavy (non-hydrogen) atoms. The minimum absolute atomic E-state index is 0.0731. The zero-order chi connectivity index (χ0) is 29.4. The van der Waals surface area contributed by atoms with Crippen LogP contribution < -0.4 is 5.32 Å². The Morgan fingerprint density at radius 2 is 0.925 bits per heavy atom. The summed E-state index contributed by atoms with van der Waals surface area (Å²) in [6.07, 6.45) is 39.5. The molecule has 0 aliphatic carbocycles. The van der Waals surface area contributed by atoms with Gasteiger partial charge in [-0.1, -0.05) is 187 Å². The van der Waals surface area contributed by atoms with Gasteiger partial charge in [0.1, 0.15) is 0 Å². The normalized spacial score (nSPS) is 13.2. The number of aliphatic hydroxyl groups is 2. The molecule has 4 nitrogen and oxygen atoms in total. The van der Waals surface area contributed by atoms with Gasteiger partial charge in [-0.3, -0.25) is 4.79 Å². The Hall–Kier alpha value is -0.870. The standard InChI is InChI=1S/C36H71NO3/c1-3-5-7-8-9-10-11-12-13-14-15-16-17-18-19-20-21-22-23-24-25-26-27-28-30-32-36(40)37-34(33-38)35(39)31-29-6-4-2/h29,31,34-35,38-39H,3-28,30,32-33H2,1-2H3,(H,37,40)/b31-29+. The lowest BCUT2D eigenvalue weighted by Gasteiger charge is -2.19. The van der Waals surface area contributed by atoms with Crippen LogP contribution in [0.25, 0.3) is 0 Å². The highest BCUT2D eigenvalue weighted by molar-refractivity contribution is 5.76. The van der Waals surface area contributed by atoms with Crippen molar-refractivity contribution in [2.45, 2.75) is 206 Å². The first-order chi connectivity index (χ1) is 19.7. The molecule has 0 heterocycles. The topological polar surface area (TPSA) is 69.6 Å². The summed E-state index contributed by atoms with van der Waals surface area (Å²) in [5.41, 5.74) is 0. The highest BCUT2D eigenvalue weighted by atomic mass is 16.3. The summed E-state index contributed by atoms with van der Waals surface area (Å²) >= 11 is 0. The number of unbranched alkanes of at least 4 members (excludes halogenated alkanes) is 25. The molecule has 238 valence electrons. The molecule has 0 aliphatic rings. The van der Waals surface area contributed by atoms with Crippen molar-refractivity contribution in [3.63, 3.8) is 0 Å². The molecule has 0 rings (SSSR count). The van der Waals surface area contributed by atoms with Crippen LogP contribution in [0.1, 0.15) is 194 Å². The molecule has 0 aromatic rings. The van der Waals surface area contributed by atoms with Crippen LogP contribution in [0.4, 0.5) is 0 Å². The molecule has 2 unspecified atom stereocenters. The molecular weight excluding hydrogens is 494 g/mol. The third-order valence-electron chi connectivity index (χ3n) is 8.25. The van der Waals surface area contributed by atoms with Crippen molar-refractivity contribution in [3.05, 3.63) is 12.2 Å². The van der Waals surface area contributed by atoms with E-state index in [4.69, 9.17) is 0 Å². The van der Waals surface area contributed by atoms with E-state index in [9.17, 15) is 15.0 Å². The maximum atomic E-state index is 12.1. The molecule has 0 spiro atoms. The van der Waals surface area contributed by atoms with E-state index in [0.717, 1.165) is 25.7 Å². The quantitative estimate of drug-likeness (QED) is 0.0561. The Morgan fingerprint density at radius 3 is 1.25 bits per heavy atom. The van der Waals surface area contributed by atoms with Gasteiger partial charge >= 0.3 is 0 Å². The second-order valence-electron chi connectivity index (χ2n) is 12.3. The number of aliphatic hydroxyl groups excluding tert-OH is 2. The average molecular weight is 566 g/mol. The molecule has 1 amide bonds. The van der Waals surface area contributed by atoms with Gasteiger partial charge in [0.2, 0.25) is 5.91 Å². The molecule has 4 heteroatoms. The predicted molar refractivity (Wildman–Crippen MR) is 175 cm³/mol. The zero-order valence-electron chi connectivity index (χ0n) is 27.1. The van der Waals surface area contributed by atoms with E-state index in [2.05, 4.69) is 19.2 Å². The summed E-state index contributed by atoms with van der Waals surface area (Å²) in [7, 11) is 0. The van der Waals surface area contributed by atoms with Gasteiger partial charge in [0.05, 0.1) is 18.8 Å². The van der Waals surface area contributed by atoms with Crippen LogP contribution >= 0.6 is 0 Å². The van der Waals surface area contributed by atoms with Crippen LogP contribution in [-0.4, -0.2) is 34.9 Å². The molecule has 0 saturated carbocycles. The maximum absolute atomic E-state index is 12.1. The summed E-state index contributed by atoms with van der Waals surface area (Å²) in [6.45, 7) is 4.12. The number of nitrogens with one attached hydrogen (secondary N) is 1. The van der Waals surface area contributed by atoms with Crippen molar-refractivity contribution in [1.82, 2.24) is 5.32 Å². The predicted octanol–water partition coefficient (Wildman–Crippen LogP) is 10.3. The Bertz CT molecular complexity index is 536. The lowest BCUT2D eigenvalue weighted by molar-refractivity contribution is -0.123. The summed E-state index contributed by atoms with van der Waals surface area (Å²) < 4.78 is 0. The molecule has 0 fully saturated rings. The van der Waals surface area contributed by atoms with E-state index < -0.39 is 12.1 Å². The van der Waals surface area contributed by atoms with Crippen molar-refractivity contribution in [3.8, 4) is 0 Å². The van der Waals surface area contributed by atoms with E-state index in [0.29, 0.717) is 6.42 Å². The van der Waals surface area contributed by atoms with Gasteiger partial charge in [-0.25, -0.2) is 0 Å². The molecule has 0 saturated heterocycles. The third kappa shape index (κ3) is 28.7. The fourth-order valence-corrected chi connectivity index (χ4v) is 5.48. The molecular formula is C36H71NO3. The summed E-state index contributed by atoms with van der Waals surface area (Å²) in [5, 5.41) is 22.3. The van der Waals surface area contributed by atoms with Crippen molar-refractivity contribution in [2.75, 3.05) is 6.61 Å². The second-order valence-corrected chi connectivity index (χ2v) is 12.3. The minimum atomic E-state index is -0.829. The largest absolute Gasteiger partial charge is 0.394 e. The van der Waals surface area contributed by atoms with Crippen LogP contribution in [0.15, 0.2) is 12.2 Å². The summed E-state index contributed by atoms with van der Waals surface area (Å²) in [5.74, 6) is -0.0731. The molecule has 0 bridgehead atoms. The third-order valence-corrected chi connectivity index (χ3v) is 8.25. The van der Waals surface area contributed by atoms with Crippen LogP contribution in [0.5, 0.6) is 0 Å². The first-order valence-electron chi connectivity index (χ1n) is 17.9. The number of amides is 1. The van der Waals surface area contributed by atoms with Crippen molar-refractivity contribution >= 4 is 5.91 Å². The Labute approximate surface area is 250 Å². The van der Waals surface area contributed by atoms with Gasteiger partial charge in [-0.05, 0) is 12.8 Å². The van der Waals surface area contributed by atoms with Crippen LogP contribution in [-0.2, 0) is 4.79 Å². The average Bonchev–Trinajstić information content (AvgIpc) is 2.96. The number of hydrogen-bond donors (Lipinski definition) is 3. The van der Waals surface area contributed by atoms with E-state index >= 15 is 0 Å². The first kappa shape index (κ1) is 39.1. The lowest BCUT2D eigenvalue weighted by atomic mass is 10.0. The molecule has 2 atom stereocenters. The van der Waals surface area contributed by atoms with Crippen LogP contribution in [0, 0.1) is 0 Å². The second kappa shape index (κ2) is 32.6. The fourth-order valence-electron chi connectivity index (χ4n) is 5.48. The molecule has 0 aliphatic heterocycles. The van der Waals surface area contributed by atoms with Gasteiger partial charge in [0.25, 0.3) is 0 Å². The number of hydrogen-bond acceptors (Lipinski definition) is 3. The van der Waals surface area contributed by atoms with E-state index in [1.807, 2.05) is 6.08 Å². The Balaban J connectivity index is 3.31. The number of carbonyl (C=O) groups excluding carboxylic acids is 1. The zero-order valence-corrected chi connectivity index (χ0v) is 27.1. The first-order valence-corrected chi connectivity index (χ1v) is 17.9. The maximum Gasteiger partial charge on any atom is 0.220 e. The molecule has 3 N–H and O–H groups in total. The lowest BCUT2D eigenvalue weighted by Crippen LogP contribution is -2.45. The number of allylic oxidation sites excluding steroid dienone is 1. The van der Waals surface area contributed by atoms with Crippen molar-refractivity contribution in [2.24, 2.45) is 0 Å². The van der Waals surface area contributed by atoms with Gasteiger partial charge in [0, 0.05) is 6.42 Å². The number of carbonyl (C=O) groups is 1.